The first kappa shape index (κ1) is 16.3. The lowest BCUT2D eigenvalue weighted by Gasteiger charge is -2.15. The molecule has 0 fully saturated rings. The van der Waals surface area contributed by atoms with Gasteiger partial charge in [0, 0.05) is 11.1 Å². The smallest absolute Gasteiger partial charge is 0.166 e. The van der Waals surface area contributed by atoms with Gasteiger partial charge in [0.2, 0.25) is 0 Å². The summed E-state index contributed by atoms with van der Waals surface area (Å²) in [5, 5.41) is 0.580. The second-order valence-electron chi connectivity index (χ2n) is 4.78. The van der Waals surface area contributed by atoms with Gasteiger partial charge < -0.3 is 10.5 Å². The average molecular weight is 373 g/mol. The van der Waals surface area contributed by atoms with Gasteiger partial charge in [-0.15, -0.1) is 0 Å². The first-order valence-electron chi connectivity index (χ1n) is 6.67. The molecule has 0 aliphatic rings. The molecule has 5 heteroatoms. The quantitative estimate of drug-likeness (QED) is 0.771. The molecule has 0 radical (unpaired) electrons. The molecule has 0 saturated heterocycles. The lowest BCUT2D eigenvalue weighted by molar-refractivity contribution is 0.431. The van der Waals surface area contributed by atoms with Gasteiger partial charge in [0.15, 0.2) is 11.6 Å². The van der Waals surface area contributed by atoms with Crippen LogP contribution in [0.4, 0.5) is 4.39 Å². The number of para-hydroxylation sites is 1. The highest BCUT2D eigenvalue weighted by molar-refractivity contribution is 9.10. The predicted molar refractivity (Wildman–Crippen MR) is 87.6 cm³/mol. The van der Waals surface area contributed by atoms with E-state index < -0.39 is 5.82 Å². The Morgan fingerprint density at radius 1 is 1.33 bits per heavy atom. The molecular weight excluding hydrogens is 357 g/mol. The minimum absolute atomic E-state index is 0.0252. The molecule has 2 rings (SSSR count). The Bertz CT molecular complexity index is 636. The summed E-state index contributed by atoms with van der Waals surface area (Å²) in [5.74, 6) is 0.317. The summed E-state index contributed by atoms with van der Waals surface area (Å²) in [6.45, 7) is 2.00. The monoisotopic (exact) mass is 371 g/mol. The van der Waals surface area contributed by atoms with Gasteiger partial charge in [-0.2, -0.15) is 0 Å². The van der Waals surface area contributed by atoms with Crippen LogP contribution in [0.5, 0.6) is 11.5 Å². The SMILES string of the molecule is CCC(N)Cc1cccc(F)c1Oc1ccc(Cl)cc1Br. The van der Waals surface area contributed by atoms with E-state index in [0.29, 0.717) is 21.7 Å². The summed E-state index contributed by atoms with van der Waals surface area (Å²) in [6.07, 6.45) is 1.38. The Hall–Kier alpha value is -1.10. The number of halogens is 3. The average Bonchev–Trinajstić information content (AvgIpc) is 2.44. The molecule has 2 aromatic carbocycles. The van der Waals surface area contributed by atoms with E-state index in [1.54, 1.807) is 24.3 Å². The van der Waals surface area contributed by atoms with Crippen LogP contribution in [0.1, 0.15) is 18.9 Å². The number of hydrogen-bond acceptors (Lipinski definition) is 2. The first-order valence-corrected chi connectivity index (χ1v) is 7.84. The van der Waals surface area contributed by atoms with E-state index >= 15 is 0 Å². The third-order valence-corrected chi connectivity index (χ3v) is 4.02. The molecule has 0 aliphatic heterocycles. The zero-order valence-corrected chi connectivity index (χ0v) is 13.9. The molecule has 1 atom stereocenters. The minimum Gasteiger partial charge on any atom is -0.453 e. The van der Waals surface area contributed by atoms with E-state index in [1.807, 2.05) is 13.0 Å². The van der Waals surface area contributed by atoms with Crippen molar-refractivity contribution in [3.8, 4) is 11.5 Å². The Morgan fingerprint density at radius 2 is 2.10 bits per heavy atom. The van der Waals surface area contributed by atoms with Crippen LogP contribution in [0.15, 0.2) is 40.9 Å². The maximum Gasteiger partial charge on any atom is 0.166 e. The van der Waals surface area contributed by atoms with Crippen LogP contribution in [0, 0.1) is 5.82 Å². The zero-order chi connectivity index (χ0) is 15.4. The molecule has 2 N–H and O–H groups in total. The number of nitrogens with two attached hydrogens (primary N) is 1. The first-order chi connectivity index (χ1) is 10.0. The second kappa shape index (κ2) is 7.25. The van der Waals surface area contributed by atoms with Gasteiger partial charge in [-0.1, -0.05) is 30.7 Å². The molecule has 0 spiro atoms. The van der Waals surface area contributed by atoms with Gasteiger partial charge in [0.1, 0.15) is 5.75 Å². The fraction of sp³-hybridized carbons (Fsp3) is 0.250. The standard InChI is InChI=1S/C16H16BrClFNO/c1-2-12(20)8-10-4-3-5-14(19)16(10)21-15-7-6-11(18)9-13(15)17/h3-7,9,12H,2,8,20H2,1H3. The maximum atomic E-state index is 14.1. The Balaban J connectivity index is 2.34. The van der Waals surface area contributed by atoms with Crippen molar-refractivity contribution in [2.75, 3.05) is 0 Å². The van der Waals surface area contributed by atoms with Crippen molar-refractivity contribution in [2.24, 2.45) is 5.73 Å². The van der Waals surface area contributed by atoms with Gasteiger partial charge in [0.25, 0.3) is 0 Å². The molecule has 0 saturated carbocycles. The zero-order valence-electron chi connectivity index (χ0n) is 11.6. The van der Waals surface area contributed by atoms with Gasteiger partial charge >= 0.3 is 0 Å². The van der Waals surface area contributed by atoms with E-state index in [4.69, 9.17) is 22.1 Å². The van der Waals surface area contributed by atoms with Gasteiger partial charge in [-0.25, -0.2) is 4.39 Å². The summed E-state index contributed by atoms with van der Waals surface area (Å²) in [4.78, 5) is 0. The number of hydrogen-bond donors (Lipinski definition) is 1. The lowest BCUT2D eigenvalue weighted by Crippen LogP contribution is -2.21. The fourth-order valence-electron chi connectivity index (χ4n) is 1.92. The van der Waals surface area contributed by atoms with Crippen LogP contribution in [0.3, 0.4) is 0 Å². The summed E-state index contributed by atoms with van der Waals surface area (Å²) >= 11 is 9.26. The van der Waals surface area contributed by atoms with Crippen molar-refractivity contribution in [3.05, 3.63) is 57.3 Å². The molecule has 1 unspecified atom stereocenters. The molecule has 112 valence electrons. The molecule has 21 heavy (non-hydrogen) atoms. The highest BCUT2D eigenvalue weighted by Gasteiger charge is 2.14. The molecule has 0 bridgehead atoms. The van der Waals surface area contributed by atoms with Crippen molar-refractivity contribution in [2.45, 2.75) is 25.8 Å². The van der Waals surface area contributed by atoms with Gasteiger partial charge in [-0.3, -0.25) is 0 Å². The number of ether oxygens (including phenoxy) is 1. The Morgan fingerprint density at radius 3 is 2.76 bits per heavy atom. The van der Waals surface area contributed by atoms with E-state index in [-0.39, 0.29) is 11.8 Å². The number of benzene rings is 2. The van der Waals surface area contributed by atoms with Crippen LogP contribution in [-0.4, -0.2) is 6.04 Å². The third kappa shape index (κ3) is 4.19. The lowest BCUT2D eigenvalue weighted by atomic mass is 10.0. The molecule has 0 heterocycles. The highest BCUT2D eigenvalue weighted by Crippen LogP contribution is 2.35. The van der Waals surface area contributed by atoms with Crippen LogP contribution < -0.4 is 10.5 Å². The van der Waals surface area contributed by atoms with E-state index in [2.05, 4.69) is 15.9 Å². The van der Waals surface area contributed by atoms with Crippen LogP contribution in [0.25, 0.3) is 0 Å². The molecule has 0 aromatic heterocycles. The van der Waals surface area contributed by atoms with Crippen molar-refractivity contribution >= 4 is 27.5 Å². The largest absolute Gasteiger partial charge is 0.453 e. The van der Waals surface area contributed by atoms with Crippen molar-refractivity contribution < 1.29 is 9.13 Å². The highest BCUT2D eigenvalue weighted by atomic mass is 79.9. The van der Waals surface area contributed by atoms with Crippen molar-refractivity contribution in [1.29, 1.82) is 0 Å². The topological polar surface area (TPSA) is 35.2 Å². The van der Waals surface area contributed by atoms with Gasteiger partial charge in [0.05, 0.1) is 4.47 Å². The predicted octanol–water partition coefficient (Wildman–Crippen LogP) is 5.31. The summed E-state index contributed by atoms with van der Waals surface area (Å²) < 4.78 is 20.5. The van der Waals surface area contributed by atoms with E-state index in [0.717, 1.165) is 12.0 Å². The molecule has 0 aliphatic carbocycles. The fourth-order valence-corrected chi connectivity index (χ4v) is 2.69. The van der Waals surface area contributed by atoms with Crippen LogP contribution >= 0.6 is 27.5 Å². The van der Waals surface area contributed by atoms with E-state index in [1.165, 1.54) is 6.07 Å². The summed E-state index contributed by atoms with van der Waals surface area (Å²) in [7, 11) is 0. The second-order valence-corrected chi connectivity index (χ2v) is 6.07. The number of rotatable bonds is 5. The van der Waals surface area contributed by atoms with Crippen LogP contribution in [-0.2, 0) is 6.42 Å². The van der Waals surface area contributed by atoms with Crippen molar-refractivity contribution in [1.82, 2.24) is 0 Å². The molecule has 0 amide bonds. The summed E-state index contributed by atoms with van der Waals surface area (Å²) in [6, 6.07) is 9.94. The Labute approximate surface area is 137 Å². The maximum absolute atomic E-state index is 14.1. The normalized spacial score (nSPS) is 12.2. The molecular formula is C16H16BrClFNO. The minimum atomic E-state index is -0.405. The summed E-state index contributed by atoms with van der Waals surface area (Å²) in [5.41, 5.74) is 6.72. The molecule has 2 aromatic rings. The third-order valence-electron chi connectivity index (χ3n) is 3.16. The Kier molecular flexibility index (Phi) is 5.62. The van der Waals surface area contributed by atoms with Crippen molar-refractivity contribution in [3.63, 3.8) is 0 Å². The van der Waals surface area contributed by atoms with Gasteiger partial charge in [-0.05, 0) is 58.6 Å². The molecule has 2 nitrogen and oxygen atoms in total. The van der Waals surface area contributed by atoms with Crippen LogP contribution in [0.2, 0.25) is 5.02 Å². The van der Waals surface area contributed by atoms with E-state index in [9.17, 15) is 4.39 Å².